The zero-order valence-electron chi connectivity index (χ0n) is 9.21. The van der Waals surface area contributed by atoms with Gasteiger partial charge in [0.15, 0.2) is 0 Å². The van der Waals surface area contributed by atoms with E-state index in [1.807, 2.05) is 6.92 Å². The second-order valence-electron chi connectivity index (χ2n) is 4.54. The Balaban J connectivity index is 2.42. The number of hydrogen-bond acceptors (Lipinski definition) is 2. The van der Waals surface area contributed by atoms with Crippen LogP contribution in [-0.2, 0) is 0 Å². The lowest BCUT2D eigenvalue weighted by atomic mass is 9.82. The van der Waals surface area contributed by atoms with Crippen molar-refractivity contribution in [2.45, 2.75) is 46.1 Å². The van der Waals surface area contributed by atoms with Gasteiger partial charge < -0.3 is 10.0 Å². The van der Waals surface area contributed by atoms with Gasteiger partial charge in [-0.15, -0.1) is 0 Å². The van der Waals surface area contributed by atoms with Crippen LogP contribution in [0.5, 0.6) is 0 Å². The summed E-state index contributed by atoms with van der Waals surface area (Å²) in [5.74, 6) is 0. The average molecular weight is 185 g/mol. The summed E-state index contributed by atoms with van der Waals surface area (Å²) in [6, 6.07) is 0. The molecule has 0 saturated carbocycles. The molecule has 0 aromatic heterocycles. The number of likely N-dealkylation sites (tertiary alicyclic amines) is 1. The van der Waals surface area contributed by atoms with Crippen molar-refractivity contribution in [1.29, 1.82) is 0 Å². The highest BCUT2D eigenvalue weighted by molar-refractivity contribution is 4.88. The van der Waals surface area contributed by atoms with E-state index in [1.54, 1.807) is 0 Å². The van der Waals surface area contributed by atoms with Gasteiger partial charge in [-0.25, -0.2) is 0 Å². The molecular weight excluding hydrogens is 162 g/mol. The largest absolute Gasteiger partial charge is 0.392 e. The Morgan fingerprint density at radius 3 is 2.38 bits per heavy atom. The molecule has 0 aliphatic carbocycles. The van der Waals surface area contributed by atoms with Crippen LogP contribution in [0.3, 0.4) is 0 Å². The van der Waals surface area contributed by atoms with E-state index < -0.39 is 0 Å². The summed E-state index contributed by atoms with van der Waals surface area (Å²) in [5.41, 5.74) is 0.550. The van der Waals surface area contributed by atoms with E-state index in [0.29, 0.717) is 5.41 Å². The van der Waals surface area contributed by atoms with E-state index in [0.717, 1.165) is 6.54 Å². The lowest BCUT2D eigenvalue weighted by Crippen LogP contribution is -2.31. The van der Waals surface area contributed by atoms with Gasteiger partial charge in [0.25, 0.3) is 0 Å². The minimum absolute atomic E-state index is 0.176. The predicted molar refractivity (Wildman–Crippen MR) is 55.8 cm³/mol. The van der Waals surface area contributed by atoms with Crippen molar-refractivity contribution in [3.63, 3.8) is 0 Å². The topological polar surface area (TPSA) is 23.5 Å². The van der Waals surface area contributed by atoms with Gasteiger partial charge in [0, 0.05) is 13.1 Å². The molecule has 1 fully saturated rings. The Morgan fingerprint density at radius 1 is 1.38 bits per heavy atom. The summed E-state index contributed by atoms with van der Waals surface area (Å²) < 4.78 is 0. The monoisotopic (exact) mass is 185 g/mol. The van der Waals surface area contributed by atoms with Crippen LogP contribution in [0.1, 0.15) is 40.0 Å². The molecule has 0 aromatic carbocycles. The first kappa shape index (κ1) is 11.0. The normalized spacial score (nSPS) is 24.9. The Labute approximate surface area is 81.9 Å². The first-order valence-corrected chi connectivity index (χ1v) is 5.52. The van der Waals surface area contributed by atoms with Crippen molar-refractivity contribution in [1.82, 2.24) is 4.90 Å². The van der Waals surface area contributed by atoms with Crippen molar-refractivity contribution < 1.29 is 5.11 Å². The molecule has 1 rings (SSSR count). The van der Waals surface area contributed by atoms with Crippen molar-refractivity contribution >= 4 is 0 Å². The second-order valence-corrected chi connectivity index (χ2v) is 4.54. The molecule has 0 aromatic rings. The summed E-state index contributed by atoms with van der Waals surface area (Å²) in [4.78, 5) is 2.40. The number of aliphatic hydroxyl groups excluding tert-OH is 1. The molecule has 0 unspecified atom stereocenters. The molecule has 1 aliphatic rings. The van der Waals surface area contributed by atoms with Gasteiger partial charge in [-0.3, -0.25) is 0 Å². The van der Waals surface area contributed by atoms with Crippen LogP contribution in [0.4, 0.5) is 0 Å². The zero-order valence-corrected chi connectivity index (χ0v) is 9.21. The molecule has 1 atom stereocenters. The Bertz CT molecular complexity index is 152. The van der Waals surface area contributed by atoms with Gasteiger partial charge in [0.05, 0.1) is 6.10 Å². The lowest BCUT2D eigenvalue weighted by Gasteiger charge is -2.26. The highest BCUT2D eigenvalue weighted by atomic mass is 16.3. The van der Waals surface area contributed by atoms with Crippen LogP contribution < -0.4 is 0 Å². The molecule has 2 heteroatoms. The maximum Gasteiger partial charge on any atom is 0.0639 e. The molecule has 0 bridgehead atoms. The molecule has 2 nitrogen and oxygen atoms in total. The van der Waals surface area contributed by atoms with E-state index in [4.69, 9.17) is 0 Å². The minimum atomic E-state index is -0.176. The average Bonchev–Trinajstić information content (AvgIpc) is 2.48. The first-order valence-electron chi connectivity index (χ1n) is 5.52. The van der Waals surface area contributed by atoms with Crippen LogP contribution in [0.2, 0.25) is 0 Å². The van der Waals surface area contributed by atoms with Crippen molar-refractivity contribution in [3.8, 4) is 0 Å². The molecule has 0 spiro atoms. The smallest absolute Gasteiger partial charge is 0.0639 e. The zero-order chi connectivity index (χ0) is 9.90. The maximum absolute atomic E-state index is 9.29. The summed E-state index contributed by atoms with van der Waals surface area (Å²) in [5, 5.41) is 9.29. The fourth-order valence-corrected chi connectivity index (χ4v) is 2.38. The molecule has 1 aliphatic heterocycles. The van der Waals surface area contributed by atoms with Crippen LogP contribution in [0.25, 0.3) is 0 Å². The predicted octanol–water partition coefficient (Wildman–Crippen LogP) is 1.88. The quantitative estimate of drug-likeness (QED) is 0.723. The molecular formula is C11H23NO. The number of aliphatic hydroxyl groups is 1. The third kappa shape index (κ3) is 2.68. The third-order valence-electron chi connectivity index (χ3n) is 3.54. The van der Waals surface area contributed by atoms with Crippen molar-refractivity contribution in [2.75, 3.05) is 19.6 Å². The van der Waals surface area contributed by atoms with E-state index in [2.05, 4.69) is 18.7 Å². The van der Waals surface area contributed by atoms with Gasteiger partial charge in [0.1, 0.15) is 0 Å². The highest BCUT2D eigenvalue weighted by Gasteiger charge is 2.34. The molecule has 78 valence electrons. The minimum Gasteiger partial charge on any atom is -0.392 e. The molecule has 13 heavy (non-hydrogen) atoms. The Hall–Kier alpha value is -0.0800. The first-order chi connectivity index (χ1) is 6.12. The van der Waals surface area contributed by atoms with E-state index in [9.17, 15) is 5.11 Å². The number of hydrogen-bond donors (Lipinski definition) is 1. The highest BCUT2D eigenvalue weighted by Crippen LogP contribution is 2.36. The van der Waals surface area contributed by atoms with Gasteiger partial charge in [-0.1, -0.05) is 13.8 Å². The van der Waals surface area contributed by atoms with Gasteiger partial charge in [0.2, 0.25) is 0 Å². The SMILES string of the molecule is CCC1(CC)CCN(C[C@@H](C)O)C1. The molecule has 0 radical (unpaired) electrons. The van der Waals surface area contributed by atoms with Gasteiger partial charge in [-0.05, 0) is 38.1 Å². The second kappa shape index (κ2) is 4.43. The number of β-amino-alcohol motifs (C(OH)–C–C–N with tert-alkyl or cyclic N) is 1. The Kier molecular flexibility index (Phi) is 3.74. The summed E-state index contributed by atoms with van der Waals surface area (Å²) in [7, 11) is 0. The van der Waals surface area contributed by atoms with Gasteiger partial charge in [-0.2, -0.15) is 0 Å². The summed E-state index contributed by atoms with van der Waals surface area (Å²) >= 11 is 0. The standard InChI is InChI=1S/C11H23NO/c1-4-11(5-2)6-7-12(9-11)8-10(3)13/h10,13H,4-9H2,1-3H3/t10-/m1/s1. The van der Waals surface area contributed by atoms with Crippen LogP contribution >= 0.6 is 0 Å². The lowest BCUT2D eigenvalue weighted by molar-refractivity contribution is 0.130. The number of nitrogens with zero attached hydrogens (tertiary/aromatic N) is 1. The fourth-order valence-electron chi connectivity index (χ4n) is 2.38. The molecule has 1 heterocycles. The van der Waals surface area contributed by atoms with E-state index in [-0.39, 0.29) is 6.10 Å². The van der Waals surface area contributed by atoms with Crippen LogP contribution in [0, 0.1) is 5.41 Å². The van der Waals surface area contributed by atoms with Crippen LogP contribution in [0.15, 0.2) is 0 Å². The van der Waals surface area contributed by atoms with Crippen molar-refractivity contribution in [2.24, 2.45) is 5.41 Å². The molecule has 1 N–H and O–H groups in total. The van der Waals surface area contributed by atoms with Crippen molar-refractivity contribution in [3.05, 3.63) is 0 Å². The van der Waals surface area contributed by atoms with E-state index >= 15 is 0 Å². The summed E-state index contributed by atoms with van der Waals surface area (Å²) in [6.45, 7) is 9.65. The molecule has 1 saturated heterocycles. The maximum atomic E-state index is 9.29. The molecule has 0 amide bonds. The van der Waals surface area contributed by atoms with Crippen LogP contribution in [-0.4, -0.2) is 35.7 Å². The van der Waals surface area contributed by atoms with Gasteiger partial charge >= 0.3 is 0 Å². The Morgan fingerprint density at radius 2 is 2.00 bits per heavy atom. The van der Waals surface area contributed by atoms with E-state index in [1.165, 1.54) is 32.4 Å². The fraction of sp³-hybridized carbons (Fsp3) is 1.00. The third-order valence-corrected chi connectivity index (χ3v) is 3.54. The number of rotatable bonds is 4. The summed E-state index contributed by atoms with van der Waals surface area (Å²) in [6.07, 6.45) is 3.69.